The Balaban J connectivity index is 0. The molecule has 0 fully saturated rings. The van der Waals surface area contributed by atoms with Crippen LogP contribution in [0.25, 0.3) is 0 Å². The predicted octanol–water partition coefficient (Wildman–Crippen LogP) is -0.813. The molecule has 0 heterocycles. The molecule has 0 saturated carbocycles. The third kappa shape index (κ3) is 20.0. The molecule has 0 radical (unpaired) electrons. The monoisotopic (exact) mass is 53.1 g/mol. The summed E-state index contributed by atoms with van der Waals surface area (Å²) in [6.45, 7) is 0. The van der Waals surface area contributed by atoms with Crippen molar-refractivity contribution in [1.29, 1.82) is 0 Å². The average molecular weight is 53.0 g/mol. The molecule has 0 unspecified atom stereocenters. The molecule has 4 heavy (non-hydrogen) atoms. The van der Waals surface area contributed by atoms with Gasteiger partial charge in [-0.15, -0.1) is 0 Å². The summed E-state index contributed by atoms with van der Waals surface area (Å²) in [6.07, 6.45) is 0. The first-order valence-electron chi connectivity index (χ1n) is 1.00. The Labute approximate surface area is 39.0 Å². The SMILES string of the molecule is CNC.[LiH]. The number of nitrogens with one attached hydrogen (secondary N) is 1. The van der Waals surface area contributed by atoms with Crippen molar-refractivity contribution in [2.45, 2.75) is 0 Å². The summed E-state index contributed by atoms with van der Waals surface area (Å²) >= 11 is 0. The van der Waals surface area contributed by atoms with E-state index in [0.717, 1.165) is 0 Å². The van der Waals surface area contributed by atoms with Gasteiger partial charge in [-0.2, -0.15) is 0 Å². The summed E-state index contributed by atoms with van der Waals surface area (Å²) in [6, 6.07) is 0. The second-order valence-electron chi connectivity index (χ2n) is 0.500. The van der Waals surface area contributed by atoms with Crippen molar-refractivity contribution in [2.75, 3.05) is 14.1 Å². The van der Waals surface area contributed by atoms with E-state index in [1.165, 1.54) is 0 Å². The van der Waals surface area contributed by atoms with Gasteiger partial charge in [-0.25, -0.2) is 0 Å². The van der Waals surface area contributed by atoms with Crippen molar-refractivity contribution in [1.82, 2.24) is 5.32 Å². The molecule has 0 spiro atoms. The van der Waals surface area contributed by atoms with Gasteiger partial charge in [-0.3, -0.25) is 0 Å². The van der Waals surface area contributed by atoms with Gasteiger partial charge >= 0.3 is 18.9 Å². The summed E-state index contributed by atoms with van der Waals surface area (Å²) < 4.78 is 0. The Bertz CT molecular complexity index is 6.00. The van der Waals surface area contributed by atoms with Gasteiger partial charge in [0.1, 0.15) is 0 Å². The van der Waals surface area contributed by atoms with Gasteiger partial charge in [0, 0.05) is 0 Å². The van der Waals surface area contributed by atoms with E-state index in [2.05, 4.69) is 5.32 Å². The zero-order chi connectivity index (χ0) is 2.71. The maximum absolute atomic E-state index is 2.75. The van der Waals surface area contributed by atoms with Crippen LogP contribution in [0, 0.1) is 0 Å². The molecular formula is C2H8LiN. The van der Waals surface area contributed by atoms with Crippen LogP contribution in [-0.4, -0.2) is 33.0 Å². The van der Waals surface area contributed by atoms with Crippen molar-refractivity contribution in [3.05, 3.63) is 0 Å². The molecule has 0 aliphatic heterocycles. The Kier molecular flexibility index (Phi) is 21.1. The summed E-state index contributed by atoms with van der Waals surface area (Å²) in [4.78, 5) is 0. The molecule has 1 nitrogen and oxygen atoms in total. The molecule has 0 aromatic rings. The van der Waals surface area contributed by atoms with E-state index in [1.54, 1.807) is 0 Å². The van der Waals surface area contributed by atoms with Crippen molar-refractivity contribution in [3.8, 4) is 0 Å². The van der Waals surface area contributed by atoms with Gasteiger partial charge in [-0.05, 0) is 14.1 Å². The van der Waals surface area contributed by atoms with Crippen LogP contribution < -0.4 is 5.32 Å². The fourth-order valence-electron chi connectivity index (χ4n) is 0. The molecule has 22 valence electrons. The van der Waals surface area contributed by atoms with E-state index >= 15 is 0 Å². The Hall–Kier alpha value is 0.557. The topological polar surface area (TPSA) is 12.0 Å². The van der Waals surface area contributed by atoms with E-state index in [9.17, 15) is 0 Å². The van der Waals surface area contributed by atoms with Gasteiger partial charge in [0.2, 0.25) is 0 Å². The van der Waals surface area contributed by atoms with Gasteiger partial charge < -0.3 is 5.32 Å². The molecule has 0 aliphatic carbocycles. The van der Waals surface area contributed by atoms with Crippen LogP contribution in [0.5, 0.6) is 0 Å². The molecule has 1 N–H and O–H groups in total. The Morgan fingerprint density at radius 2 is 1.25 bits per heavy atom. The third-order valence-electron chi connectivity index (χ3n) is 0. The molecule has 0 aliphatic rings. The second kappa shape index (κ2) is 9.59. The van der Waals surface area contributed by atoms with E-state index in [1.807, 2.05) is 14.1 Å². The van der Waals surface area contributed by atoms with Crippen molar-refractivity contribution >= 4 is 18.9 Å². The maximum atomic E-state index is 2.75. The van der Waals surface area contributed by atoms with Gasteiger partial charge in [0.25, 0.3) is 0 Å². The Morgan fingerprint density at radius 3 is 1.25 bits per heavy atom. The number of hydrogen-bond acceptors (Lipinski definition) is 1. The van der Waals surface area contributed by atoms with Crippen molar-refractivity contribution < 1.29 is 0 Å². The second-order valence-corrected chi connectivity index (χ2v) is 0.500. The number of hydrogen-bond donors (Lipinski definition) is 1. The molecular weight excluding hydrogens is 45.0 g/mol. The normalized spacial score (nSPS) is 4.50. The van der Waals surface area contributed by atoms with Crippen LogP contribution >= 0.6 is 0 Å². The first-order valence-corrected chi connectivity index (χ1v) is 1.00. The first kappa shape index (κ1) is 8.82. The van der Waals surface area contributed by atoms with Gasteiger partial charge in [-0.1, -0.05) is 0 Å². The summed E-state index contributed by atoms with van der Waals surface area (Å²) in [5.41, 5.74) is 0. The summed E-state index contributed by atoms with van der Waals surface area (Å²) in [7, 11) is 3.75. The Morgan fingerprint density at radius 1 is 1.25 bits per heavy atom. The molecule has 0 atom stereocenters. The number of rotatable bonds is 0. The fourth-order valence-corrected chi connectivity index (χ4v) is 0. The van der Waals surface area contributed by atoms with Crippen LogP contribution in [0.3, 0.4) is 0 Å². The molecule has 0 rings (SSSR count). The molecule has 0 aromatic heterocycles. The van der Waals surface area contributed by atoms with Crippen LogP contribution in [0.4, 0.5) is 0 Å². The van der Waals surface area contributed by atoms with Crippen LogP contribution in [-0.2, 0) is 0 Å². The fraction of sp³-hybridized carbons (Fsp3) is 1.00. The average Bonchev–Trinajstić information content (AvgIpc) is 0.918. The van der Waals surface area contributed by atoms with E-state index in [0.29, 0.717) is 0 Å². The van der Waals surface area contributed by atoms with Crippen LogP contribution in [0.2, 0.25) is 0 Å². The minimum absolute atomic E-state index is 0. The standard InChI is InChI=1S/C2H7N.Li.H/c1-3-2;;/h3H,1-2H3;;. The summed E-state index contributed by atoms with van der Waals surface area (Å²) in [5.74, 6) is 0. The minimum atomic E-state index is 0. The zero-order valence-corrected chi connectivity index (χ0v) is 2.50. The molecule has 0 saturated heterocycles. The zero-order valence-electron chi connectivity index (χ0n) is 2.50. The van der Waals surface area contributed by atoms with E-state index in [-0.39, 0.29) is 18.9 Å². The van der Waals surface area contributed by atoms with Crippen molar-refractivity contribution in [2.24, 2.45) is 0 Å². The first-order chi connectivity index (χ1) is 1.41. The van der Waals surface area contributed by atoms with E-state index < -0.39 is 0 Å². The van der Waals surface area contributed by atoms with Crippen molar-refractivity contribution in [3.63, 3.8) is 0 Å². The van der Waals surface area contributed by atoms with Gasteiger partial charge in [0.15, 0.2) is 0 Å². The molecule has 0 bridgehead atoms. The van der Waals surface area contributed by atoms with Crippen LogP contribution in [0.1, 0.15) is 0 Å². The third-order valence-corrected chi connectivity index (χ3v) is 0. The van der Waals surface area contributed by atoms with Gasteiger partial charge in [0.05, 0.1) is 0 Å². The predicted molar refractivity (Wildman–Crippen MR) is 22.1 cm³/mol. The molecule has 2 heteroatoms. The molecule has 0 aromatic carbocycles. The quantitative estimate of drug-likeness (QED) is 0.356. The van der Waals surface area contributed by atoms with Crippen LogP contribution in [0.15, 0.2) is 0 Å². The molecule has 0 amide bonds. The summed E-state index contributed by atoms with van der Waals surface area (Å²) in [5, 5.41) is 2.75. The van der Waals surface area contributed by atoms with E-state index in [4.69, 9.17) is 0 Å².